The van der Waals surface area contributed by atoms with Crippen LogP contribution in [0.4, 0.5) is 13.2 Å². The van der Waals surface area contributed by atoms with Gasteiger partial charge in [-0.05, 0) is 18.2 Å². The van der Waals surface area contributed by atoms with Crippen molar-refractivity contribution < 1.29 is 23.1 Å². The Balaban J connectivity index is 2.67. The van der Waals surface area contributed by atoms with Crippen molar-refractivity contribution in [3.63, 3.8) is 0 Å². The molecule has 0 radical (unpaired) electrons. The molecule has 2 N–H and O–H groups in total. The van der Waals surface area contributed by atoms with Crippen molar-refractivity contribution in [3.05, 3.63) is 52.2 Å². The van der Waals surface area contributed by atoms with Gasteiger partial charge in [0.2, 0.25) is 0 Å². The second-order valence-corrected chi connectivity index (χ2v) is 3.67. The fourth-order valence-corrected chi connectivity index (χ4v) is 1.60. The minimum absolute atomic E-state index is 0.133. The number of carboxylic acid groups (broad SMARTS) is 1. The van der Waals surface area contributed by atoms with Crippen molar-refractivity contribution in [2.45, 2.75) is 6.18 Å². The molecule has 8 heteroatoms. The summed E-state index contributed by atoms with van der Waals surface area (Å²) < 4.78 is 38.5. The number of aromatic nitrogens is 2. The van der Waals surface area contributed by atoms with Gasteiger partial charge >= 0.3 is 17.8 Å². The van der Waals surface area contributed by atoms with E-state index in [2.05, 4.69) is 4.98 Å². The number of H-pyrrole nitrogens is 1. The third kappa shape index (κ3) is 2.37. The zero-order valence-electron chi connectivity index (χ0n) is 9.23. The predicted octanol–water partition coefficient (Wildman–Crippen LogP) is 1.88. The quantitative estimate of drug-likeness (QED) is 0.876. The third-order valence-electron chi connectivity index (χ3n) is 2.46. The summed E-state index contributed by atoms with van der Waals surface area (Å²) in [7, 11) is 0. The lowest BCUT2D eigenvalue weighted by molar-refractivity contribution is -0.137. The average Bonchev–Trinajstić information content (AvgIpc) is 2.73. The number of benzene rings is 1. The lowest BCUT2D eigenvalue weighted by Gasteiger charge is -2.11. The van der Waals surface area contributed by atoms with Gasteiger partial charge in [-0.2, -0.15) is 13.2 Å². The molecule has 2 aromatic rings. The number of aromatic carboxylic acids is 1. The maximum absolute atomic E-state index is 12.5. The first kappa shape index (κ1) is 12.9. The van der Waals surface area contributed by atoms with Crippen LogP contribution in [0, 0.1) is 0 Å². The fraction of sp³-hybridized carbons (Fsp3) is 0.0909. The summed E-state index contributed by atoms with van der Waals surface area (Å²) in [6.45, 7) is 0. The molecule has 1 heterocycles. The molecule has 1 aromatic carbocycles. The van der Waals surface area contributed by atoms with Gasteiger partial charge in [0.25, 0.3) is 0 Å². The molecule has 100 valence electrons. The van der Waals surface area contributed by atoms with Crippen molar-refractivity contribution in [3.8, 4) is 5.69 Å². The zero-order chi connectivity index (χ0) is 14.2. The number of carboxylic acids is 1. The standard InChI is InChI=1S/C11H7F3N2O3/c12-11(13,14)6-1-2-8(7(5-6)9(17)18)16-4-3-15-10(16)19/h1-5H,(H,15,19)(H,17,18). The van der Waals surface area contributed by atoms with Crippen LogP contribution >= 0.6 is 0 Å². The number of imidazole rings is 1. The third-order valence-corrected chi connectivity index (χ3v) is 2.46. The Bertz CT molecular complexity index is 685. The maximum atomic E-state index is 12.5. The van der Waals surface area contributed by atoms with Crippen molar-refractivity contribution in [2.75, 3.05) is 0 Å². The number of hydrogen-bond donors (Lipinski definition) is 2. The average molecular weight is 272 g/mol. The van der Waals surface area contributed by atoms with Crippen molar-refractivity contribution in [1.29, 1.82) is 0 Å². The van der Waals surface area contributed by atoms with E-state index in [0.717, 1.165) is 16.7 Å². The van der Waals surface area contributed by atoms with E-state index in [9.17, 15) is 22.8 Å². The van der Waals surface area contributed by atoms with Crippen molar-refractivity contribution in [2.24, 2.45) is 0 Å². The molecular weight excluding hydrogens is 265 g/mol. The molecule has 0 fully saturated rings. The molecule has 0 aliphatic heterocycles. The minimum Gasteiger partial charge on any atom is -0.478 e. The SMILES string of the molecule is O=C(O)c1cc(C(F)(F)F)ccc1-n1cc[nH]c1=O. The molecule has 1 aromatic heterocycles. The van der Waals surface area contributed by atoms with Gasteiger partial charge < -0.3 is 10.1 Å². The highest BCUT2D eigenvalue weighted by Crippen LogP contribution is 2.31. The lowest BCUT2D eigenvalue weighted by atomic mass is 10.1. The van der Waals surface area contributed by atoms with Crippen LogP contribution in [0.25, 0.3) is 5.69 Å². The van der Waals surface area contributed by atoms with Crippen LogP contribution in [-0.4, -0.2) is 20.6 Å². The van der Waals surface area contributed by atoms with E-state index in [0.29, 0.717) is 6.07 Å². The van der Waals surface area contributed by atoms with Gasteiger partial charge in [-0.3, -0.25) is 4.57 Å². The van der Waals surface area contributed by atoms with E-state index >= 15 is 0 Å². The van der Waals surface area contributed by atoms with Crippen LogP contribution in [-0.2, 0) is 6.18 Å². The fourth-order valence-electron chi connectivity index (χ4n) is 1.60. The number of halogens is 3. The number of rotatable bonds is 2. The van der Waals surface area contributed by atoms with Crippen LogP contribution in [0.1, 0.15) is 15.9 Å². The Morgan fingerprint density at radius 2 is 2.00 bits per heavy atom. The molecule has 0 saturated heterocycles. The predicted molar refractivity (Wildman–Crippen MR) is 58.4 cm³/mol. The Kier molecular flexibility index (Phi) is 2.93. The topological polar surface area (TPSA) is 75.1 Å². The van der Waals surface area contributed by atoms with Crippen LogP contribution in [0.5, 0.6) is 0 Å². The summed E-state index contributed by atoms with van der Waals surface area (Å²) in [4.78, 5) is 24.7. The van der Waals surface area contributed by atoms with E-state index in [1.54, 1.807) is 0 Å². The number of alkyl halides is 3. The highest BCUT2D eigenvalue weighted by atomic mass is 19.4. The molecule has 0 atom stereocenters. The van der Waals surface area contributed by atoms with Gasteiger partial charge in [-0.25, -0.2) is 9.59 Å². The molecule has 0 saturated carbocycles. The summed E-state index contributed by atoms with van der Waals surface area (Å²) in [5, 5.41) is 8.95. The number of nitrogens with zero attached hydrogens (tertiary/aromatic N) is 1. The van der Waals surface area contributed by atoms with E-state index in [1.165, 1.54) is 12.4 Å². The smallest absolute Gasteiger partial charge is 0.416 e. The first-order valence-corrected chi connectivity index (χ1v) is 5.01. The molecule has 0 aliphatic carbocycles. The minimum atomic E-state index is -4.65. The van der Waals surface area contributed by atoms with Gasteiger partial charge in [0.15, 0.2) is 0 Å². The number of carbonyl (C=O) groups is 1. The second-order valence-electron chi connectivity index (χ2n) is 3.67. The maximum Gasteiger partial charge on any atom is 0.416 e. The Labute approximate surface area is 103 Å². The van der Waals surface area contributed by atoms with E-state index in [-0.39, 0.29) is 5.69 Å². The molecule has 0 unspecified atom stereocenters. The molecule has 0 spiro atoms. The monoisotopic (exact) mass is 272 g/mol. The molecule has 0 bridgehead atoms. The highest BCUT2D eigenvalue weighted by molar-refractivity contribution is 5.92. The van der Waals surface area contributed by atoms with Crippen LogP contribution in [0.3, 0.4) is 0 Å². The van der Waals surface area contributed by atoms with E-state index in [4.69, 9.17) is 5.11 Å². The Hall–Kier alpha value is -2.51. The number of hydrogen-bond acceptors (Lipinski definition) is 2. The zero-order valence-corrected chi connectivity index (χ0v) is 9.23. The highest BCUT2D eigenvalue weighted by Gasteiger charge is 2.32. The largest absolute Gasteiger partial charge is 0.478 e. The molecule has 0 amide bonds. The van der Waals surface area contributed by atoms with Crippen molar-refractivity contribution in [1.82, 2.24) is 9.55 Å². The van der Waals surface area contributed by atoms with E-state index in [1.807, 2.05) is 0 Å². The molecule has 2 rings (SSSR count). The van der Waals surface area contributed by atoms with Gasteiger partial charge in [0.05, 0.1) is 16.8 Å². The van der Waals surface area contributed by atoms with Gasteiger partial charge in [-0.1, -0.05) is 0 Å². The Morgan fingerprint density at radius 3 is 2.47 bits per heavy atom. The van der Waals surface area contributed by atoms with Crippen LogP contribution < -0.4 is 5.69 Å². The lowest BCUT2D eigenvalue weighted by Crippen LogP contribution is -2.18. The summed E-state index contributed by atoms with van der Waals surface area (Å²) in [5.74, 6) is -1.55. The van der Waals surface area contributed by atoms with Crippen LogP contribution in [0.15, 0.2) is 35.4 Å². The second kappa shape index (κ2) is 4.30. The summed E-state index contributed by atoms with van der Waals surface area (Å²) in [5.41, 5.74) is -2.46. The molecule has 5 nitrogen and oxygen atoms in total. The first-order valence-electron chi connectivity index (χ1n) is 5.01. The first-order chi connectivity index (χ1) is 8.80. The van der Waals surface area contributed by atoms with Gasteiger partial charge in [0, 0.05) is 12.4 Å². The van der Waals surface area contributed by atoms with Gasteiger partial charge in [-0.15, -0.1) is 0 Å². The summed E-state index contributed by atoms with van der Waals surface area (Å²) >= 11 is 0. The van der Waals surface area contributed by atoms with Gasteiger partial charge in [0.1, 0.15) is 0 Å². The molecule has 19 heavy (non-hydrogen) atoms. The normalized spacial score (nSPS) is 11.5. The molecular formula is C11H7F3N2O3. The molecule has 0 aliphatic rings. The number of aromatic amines is 1. The summed E-state index contributed by atoms with van der Waals surface area (Å²) in [6.07, 6.45) is -2.16. The summed E-state index contributed by atoms with van der Waals surface area (Å²) in [6, 6.07) is 2.17. The van der Waals surface area contributed by atoms with Crippen LogP contribution in [0.2, 0.25) is 0 Å². The Morgan fingerprint density at radius 1 is 1.32 bits per heavy atom. The van der Waals surface area contributed by atoms with E-state index < -0.39 is 29.0 Å². The number of nitrogens with one attached hydrogen (secondary N) is 1. The van der Waals surface area contributed by atoms with Crippen molar-refractivity contribution >= 4 is 5.97 Å².